The standard InChI is InChI=1S/C29H28F3NO12/c1-7(35)13-20(30)21(31)15-18(27(13)43-3)25(40)16-17(24(15)39)26(41)19-14(23(16)38)10(5-29(42,28(19)32)11(36)6-34)45-12-4-9(33)22(37)8(2)44-12/h8-10,12,22,28,34,37-38,41-42H,4-6,33H2,1-3H3/t8-,9-,10-,12-,22+,28?,29-/m0/s1. The van der Waals surface area contributed by atoms with Crippen molar-refractivity contribution in [3.05, 3.63) is 50.6 Å². The van der Waals surface area contributed by atoms with Crippen LogP contribution in [0.4, 0.5) is 13.2 Å². The first kappa shape index (κ1) is 32.5. The number of phenols is 2. The maximum atomic E-state index is 16.1. The average Bonchev–Trinajstić information content (AvgIpc) is 2.98. The third kappa shape index (κ3) is 4.54. The van der Waals surface area contributed by atoms with Gasteiger partial charge in [-0.25, -0.2) is 13.2 Å². The minimum absolute atomic E-state index is 0.193. The first-order valence-corrected chi connectivity index (χ1v) is 13.6. The van der Waals surface area contributed by atoms with Crippen LogP contribution in [0.2, 0.25) is 0 Å². The number of Topliss-reactive ketones (excluding diaryl/α,β-unsaturated/α-hetero) is 2. The highest BCUT2D eigenvalue weighted by molar-refractivity contribution is 6.32. The van der Waals surface area contributed by atoms with Gasteiger partial charge in [0.15, 0.2) is 41.3 Å². The third-order valence-corrected chi connectivity index (χ3v) is 8.51. The number of carbonyl (C=O) groups excluding carboxylic acids is 4. The Hall–Kier alpha value is -3.93. The number of benzene rings is 2. The number of phenolic OH excluding ortho intramolecular Hbond substituents is 2. The van der Waals surface area contributed by atoms with Crippen LogP contribution < -0.4 is 10.5 Å². The Morgan fingerprint density at radius 1 is 1.04 bits per heavy atom. The highest BCUT2D eigenvalue weighted by Gasteiger charge is 2.56. The molecule has 2 aromatic carbocycles. The number of ketones is 4. The number of nitrogens with two attached hydrogens (primary N) is 1. The summed E-state index contributed by atoms with van der Waals surface area (Å²) in [5.74, 6) is -12.9. The number of aliphatic hydroxyl groups excluding tert-OH is 2. The van der Waals surface area contributed by atoms with Gasteiger partial charge in [-0.05, 0) is 13.8 Å². The number of methoxy groups -OCH3 is 1. The van der Waals surface area contributed by atoms with E-state index in [1.807, 2.05) is 0 Å². The summed E-state index contributed by atoms with van der Waals surface area (Å²) in [6, 6.07) is -0.909. The molecule has 16 heteroatoms. The van der Waals surface area contributed by atoms with Crippen molar-refractivity contribution < 1.29 is 72.1 Å². The molecule has 1 aliphatic heterocycles. The molecule has 3 aliphatic rings. The van der Waals surface area contributed by atoms with Crippen molar-refractivity contribution in [1.29, 1.82) is 0 Å². The lowest BCUT2D eigenvalue weighted by atomic mass is 9.70. The van der Waals surface area contributed by atoms with E-state index in [2.05, 4.69) is 0 Å². The maximum absolute atomic E-state index is 16.1. The smallest absolute Gasteiger partial charge is 0.202 e. The fourth-order valence-electron chi connectivity index (χ4n) is 6.24. The van der Waals surface area contributed by atoms with E-state index < -0.39 is 146 Å². The maximum Gasteiger partial charge on any atom is 0.202 e. The zero-order valence-electron chi connectivity index (χ0n) is 23.9. The van der Waals surface area contributed by atoms with Crippen molar-refractivity contribution in [2.75, 3.05) is 13.7 Å². The molecule has 0 saturated carbocycles. The van der Waals surface area contributed by atoms with Crippen LogP contribution in [0.3, 0.4) is 0 Å². The number of fused-ring (bicyclic) bond motifs is 3. The second-order valence-electron chi connectivity index (χ2n) is 11.1. The molecule has 2 aliphatic carbocycles. The Labute approximate surface area is 251 Å². The lowest BCUT2D eigenvalue weighted by Gasteiger charge is -2.43. The summed E-state index contributed by atoms with van der Waals surface area (Å²) < 4.78 is 62.9. The number of hydrogen-bond donors (Lipinski definition) is 6. The van der Waals surface area contributed by atoms with Crippen molar-refractivity contribution in [3.8, 4) is 17.2 Å². The molecule has 1 heterocycles. The number of hydrogen-bond acceptors (Lipinski definition) is 13. The fourth-order valence-corrected chi connectivity index (χ4v) is 6.24. The van der Waals surface area contributed by atoms with E-state index in [1.165, 1.54) is 6.92 Å². The molecular weight excluding hydrogens is 611 g/mol. The van der Waals surface area contributed by atoms with E-state index in [0.717, 1.165) is 14.0 Å². The monoisotopic (exact) mass is 639 g/mol. The average molecular weight is 640 g/mol. The van der Waals surface area contributed by atoms with Crippen LogP contribution in [0.15, 0.2) is 0 Å². The van der Waals surface area contributed by atoms with Crippen LogP contribution in [0, 0.1) is 11.6 Å². The van der Waals surface area contributed by atoms with Crippen molar-refractivity contribution in [2.24, 2.45) is 5.73 Å². The van der Waals surface area contributed by atoms with Gasteiger partial charge in [0.2, 0.25) is 11.6 Å². The molecule has 0 bridgehead atoms. The molecule has 13 nitrogen and oxygen atoms in total. The normalized spacial score (nSPS) is 29.1. The van der Waals surface area contributed by atoms with E-state index in [0.29, 0.717) is 0 Å². The van der Waals surface area contributed by atoms with E-state index >= 15 is 13.2 Å². The SMILES string of the molecule is COc1c(C(C)=O)c(F)c(F)c2c1C(=O)c1c(O)c3c(c(O)c1C2=O)C(F)[C@@](O)(C(=O)CO)C[C@@H]3O[C@H]1C[C@H](N)[C@H](O)[C@H](C)O1. The molecule has 2 aromatic rings. The summed E-state index contributed by atoms with van der Waals surface area (Å²) >= 11 is 0. The van der Waals surface area contributed by atoms with Crippen LogP contribution >= 0.6 is 0 Å². The van der Waals surface area contributed by atoms with E-state index in [1.54, 1.807) is 0 Å². The van der Waals surface area contributed by atoms with Gasteiger partial charge in [0.25, 0.3) is 0 Å². The predicted molar refractivity (Wildman–Crippen MR) is 142 cm³/mol. The topological polar surface area (TPSA) is 223 Å². The first-order chi connectivity index (χ1) is 21.0. The predicted octanol–water partition coefficient (Wildman–Crippen LogP) is 0.950. The summed E-state index contributed by atoms with van der Waals surface area (Å²) in [6.45, 7) is 0.898. The summed E-state index contributed by atoms with van der Waals surface area (Å²) in [5, 5.41) is 53.6. The van der Waals surface area contributed by atoms with Gasteiger partial charge < -0.3 is 45.5 Å². The zero-order chi connectivity index (χ0) is 33.4. The summed E-state index contributed by atoms with van der Waals surface area (Å²) in [4.78, 5) is 52.3. The van der Waals surface area contributed by atoms with Gasteiger partial charge in [0.05, 0.1) is 53.2 Å². The molecule has 242 valence electrons. The van der Waals surface area contributed by atoms with E-state index in [4.69, 9.17) is 19.9 Å². The van der Waals surface area contributed by atoms with Crippen LogP contribution in [0.25, 0.3) is 0 Å². The number of alkyl halides is 1. The third-order valence-electron chi connectivity index (χ3n) is 8.51. The van der Waals surface area contributed by atoms with Crippen molar-refractivity contribution in [1.82, 2.24) is 0 Å². The highest BCUT2D eigenvalue weighted by atomic mass is 19.2. The molecular formula is C29H28F3NO12. The van der Waals surface area contributed by atoms with Crippen molar-refractivity contribution in [3.63, 3.8) is 0 Å². The molecule has 1 fully saturated rings. The molecule has 45 heavy (non-hydrogen) atoms. The van der Waals surface area contributed by atoms with Crippen LogP contribution in [0.5, 0.6) is 17.2 Å². The Kier molecular flexibility index (Phi) is 8.04. The summed E-state index contributed by atoms with van der Waals surface area (Å²) in [7, 11) is 0.903. The van der Waals surface area contributed by atoms with Crippen molar-refractivity contribution in [2.45, 2.75) is 69.1 Å². The molecule has 7 N–H and O–H groups in total. The Bertz CT molecular complexity index is 1670. The van der Waals surface area contributed by atoms with Gasteiger partial charge in [-0.3, -0.25) is 19.2 Å². The molecule has 0 amide bonds. The summed E-state index contributed by atoms with van der Waals surface area (Å²) in [5.41, 5.74) is -4.52. The van der Waals surface area contributed by atoms with Crippen LogP contribution in [0.1, 0.15) is 92.3 Å². The number of aliphatic hydroxyl groups is 3. The number of carbonyl (C=O) groups is 4. The van der Waals surface area contributed by atoms with Crippen molar-refractivity contribution >= 4 is 23.1 Å². The Morgan fingerprint density at radius 3 is 2.16 bits per heavy atom. The van der Waals surface area contributed by atoms with Gasteiger partial charge in [0.1, 0.15) is 23.9 Å². The minimum atomic E-state index is -3.14. The van der Waals surface area contributed by atoms with Gasteiger partial charge >= 0.3 is 0 Å². The Morgan fingerprint density at radius 2 is 1.62 bits per heavy atom. The number of aromatic hydroxyl groups is 2. The number of rotatable bonds is 6. The van der Waals surface area contributed by atoms with Gasteiger partial charge in [-0.1, -0.05) is 0 Å². The second-order valence-corrected chi connectivity index (χ2v) is 11.1. The summed E-state index contributed by atoms with van der Waals surface area (Å²) in [6.07, 6.45) is -9.33. The molecule has 5 rings (SSSR count). The number of ether oxygens (including phenoxy) is 3. The molecule has 0 spiro atoms. The second kappa shape index (κ2) is 11.1. The largest absolute Gasteiger partial charge is 0.507 e. The molecule has 1 unspecified atom stereocenters. The molecule has 0 aromatic heterocycles. The first-order valence-electron chi connectivity index (χ1n) is 13.6. The molecule has 1 saturated heterocycles. The zero-order valence-corrected chi connectivity index (χ0v) is 23.9. The minimum Gasteiger partial charge on any atom is -0.507 e. The Balaban J connectivity index is 1.79. The fraction of sp³-hybridized carbons (Fsp3) is 0.448. The van der Waals surface area contributed by atoms with Crippen LogP contribution in [-0.4, -0.2) is 92.5 Å². The number of halogens is 3. The highest BCUT2D eigenvalue weighted by Crippen LogP contribution is 2.57. The quantitative estimate of drug-likeness (QED) is 0.164. The van der Waals surface area contributed by atoms with E-state index in [9.17, 15) is 44.7 Å². The van der Waals surface area contributed by atoms with Gasteiger partial charge in [-0.2, -0.15) is 0 Å². The lowest BCUT2D eigenvalue weighted by molar-refractivity contribution is -0.249. The van der Waals surface area contributed by atoms with Gasteiger partial charge in [-0.15, -0.1) is 0 Å². The molecule has 7 atom stereocenters. The van der Waals surface area contributed by atoms with E-state index in [-0.39, 0.29) is 6.42 Å². The lowest BCUT2D eigenvalue weighted by Crippen LogP contribution is -2.53. The van der Waals surface area contributed by atoms with Crippen LogP contribution in [-0.2, 0) is 14.3 Å². The molecule has 0 radical (unpaired) electrons. The van der Waals surface area contributed by atoms with Gasteiger partial charge in [0, 0.05) is 30.0 Å².